The van der Waals surface area contributed by atoms with Crippen molar-refractivity contribution in [2.45, 2.75) is 6.92 Å². The van der Waals surface area contributed by atoms with Crippen LogP contribution in [0.25, 0.3) is 0 Å². The first-order valence-corrected chi connectivity index (χ1v) is 6.09. The van der Waals surface area contributed by atoms with E-state index in [0.29, 0.717) is 22.8 Å². The van der Waals surface area contributed by atoms with Crippen molar-refractivity contribution in [3.8, 4) is 23.1 Å². The zero-order valence-electron chi connectivity index (χ0n) is 11.1. The van der Waals surface area contributed by atoms with Crippen LogP contribution in [-0.4, -0.2) is 17.7 Å². The van der Waals surface area contributed by atoms with E-state index in [1.807, 2.05) is 0 Å². The van der Waals surface area contributed by atoms with Crippen molar-refractivity contribution in [1.29, 1.82) is 0 Å². The Hall–Kier alpha value is -2.83. The molecule has 0 unspecified atom stereocenters. The fourth-order valence-corrected chi connectivity index (χ4v) is 1.90. The monoisotopic (exact) mass is 290 g/mol. The molecule has 1 aromatic carbocycles. The lowest BCUT2D eigenvalue weighted by Crippen LogP contribution is -2.14. The maximum Gasteiger partial charge on any atom is 0.253 e. The van der Waals surface area contributed by atoms with Crippen LogP contribution in [0.5, 0.6) is 23.1 Å². The second-order valence-electron chi connectivity index (χ2n) is 4.43. The van der Waals surface area contributed by atoms with Crippen LogP contribution in [0.1, 0.15) is 15.9 Å². The minimum absolute atomic E-state index is 0.0522. The average Bonchev–Trinajstić information content (AvgIpc) is 2.89. The number of ether oxygens (including phenoxy) is 3. The van der Waals surface area contributed by atoms with E-state index in [0.717, 1.165) is 0 Å². The van der Waals surface area contributed by atoms with E-state index in [-0.39, 0.29) is 18.2 Å². The minimum atomic E-state index is -0.969. The molecule has 0 radical (unpaired) electrons. The van der Waals surface area contributed by atoms with Crippen LogP contribution >= 0.6 is 0 Å². The van der Waals surface area contributed by atoms with E-state index >= 15 is 0 Å². The van der Waals surface area contributed by atoms with E-state index in [1.165, 1.54) is 6.07 Å². The summed E-state index contributed by atoms with van der Waals surface area (Å²) < 4.78 is 29.6. The van der Waals surface area contributed by atoms with Crippen LogP contribution in [0, 0.1) is 12.9 Å². The third-order valence-electron chi connectivity index (χ3n) is 2.94. The molecule has 0 saturated carbocycles. The number of hydrogen-bond acceptors (Lipinski definition) is 5. The number of benzene rings is 1. The number of hydrogen-bond donors (Lipinski definition) is 1. The zero-order valence-corrected chi connectivity index (χ0v) is 11.1. The van der Waals surface area contributed by atoms with Gasteiger partial charge in [0, 0.05) is 11.6 Å². The van der Waals surface area contributed by atoms with Crippen molar-refractivity contribution in [2.75, 3.05) is 6.79 Å². The molecule has 0 fully saturated rings. The van der Waals surface area contributed by atoms with Crippen molar-refractivity contribution >= 4 is 5.91 Å². The van der Waals surface area contributed by atoms with Gasteiger partial charge in [0.25, 0.3) is 5.91 Å². The summed E-state index contributed by atoms with van der Waals surface area (Å²) in [6.45, 7) is 1.79. The molecule has 1 amide bonds. The van der Waals surface area contributed by atoms with E-state index in [1.54, 1.807) is 25.1 Å². The number of aryl methyl sites for hydroxylation is 1. The highest BCUT2D eigenvalue weighted by atomic mass is 19.1. The van der Waals surface area contributed by atoms with Gasteiger partial charge in [-0.05, 0) is 25.1 Å². The summed E-state index contributed by atoms with van der Waals surface area (Å²) in [4.78, 5) is 14.7. The molecule has 2 heterocycles. The molecular formula is C14H11FN2O4. The highest BCUT2D eigenvalue weighted by Gasteiger charge is 2.17. The third-order valence-corrected chi connectivity index (χ3v) is 2.94. The number of nitrogens with zero attached hydrogens (tertiary/aromatic N) is 1. The van der Waals surface area contributed by atoms with Crippen LogP contribution in [0.4, 0.5) is 4.39 Å². The molecular weight excluding hydrogens is 279 g/mol. The summed E-state index contributed by atoms with van der Waals surface area (Å²) in [5, 5.41) is 0. The van der Waals surface area contributed by atoms with E-state index < -0.39 is 11.9 Å². The molecule has 21 heavy (non-hydrogen) atoms. The first kappa shape index (κ1) is 13.2. The average molecular weight is 290 g/mol. The zero-order chi connectivity index (χ0) is 15.0. The molecule has 7 heteroatoms. The molecule has 6 nitrogen and oxygen atoms in total. The van der Waals surface area contributed by atoms with E-state index in [2.05, 4.69) is 4.98 Å². The Morgan fingerprint density at radius 3 is 2.86 bits per heavy atom. The van der Waals surface area contributed by atoms with Gasteiger partial charge < -0.3 is 19.9 Å². The Morgan fingerprint density at radius 2 is 2.10 bits per heavy atom. The lowest BCUT2D eigenvalue weighted by Gasteiger charge is -2.09. The Kier molecular flexibility index (Phi) is 3.09. The van der Waals surface area contributed by atoms with E-state index in [4.69, 9.17) is 19.9 Å². The molecule has 0 atom stereocenters. The number of nitrogens with two attached hydrogens (primary N) is 1. The summed E-state index contributed by atoms with van der Waals surface area (Å²) >= 11 is 0. The fourth-order valence-electron chi connectivity index (χ4n) is 1.90. The standard InChI is InChI=1S/C14H11FN2O4/c1-7-4-9(13(16)18)12(15)17-14(7)21-8-2-3-10-11(5-8)20-6-19-10/h2-5H,6H2,1H3,(H2,16,18). The molecule has 1 aromatic heterocycles. The third kappa shape index (κ3) is 2.45. The molecule has 3 rings (SSSR count). The van der Waals surface area contributed by atoms with Gasteiger partial charge in [0.2, 0.25) is 18.6 Å². The predicted octanol–water partition coefficient (Wildman–Crippen LogP) is 2.15. The summed E-state index contributed by atoms with van der Waals surface area (Å²) in [6.07, 6.45) is 0. The second-order valence-corrected chi connectivity index (χ2v) is 4.43. The first-order chi connectivity index (χ1) is 10.0. The normalized spacial score (nSPS) is 12.3. The highest BCUT2D eigenvalue weighted by molar-refractivity contribution is 5.93. The van der Waals surface area contributed by atoms with Crippen LogP contribution in [0.2, 0.25) is 0 Å². The summed E-state index contributed by atoms with van der Waals surface area (Å²) in [5.74, 6) is -0.222. The highest BCUT2D eigenvalue weighted by Crippen LogP contribution is 2.36. The largest absolute Gasteiger partial charge is 0.454 e. The first-order valence-electron chi connectivity index (χ1n) is 6.09. The van der Waals surface area contributed by atoms with Gasteiger partial charge in [-0.2, -0.15) is 9.37 Å². The molecule has 1 aliphatic heterocycles. The molecule has 2 aromatic rings. The fraction of sp³-hybridized carbons (Fsp3) is 0.143. The van der Waals surface area contributed by atoms with Crippen LogP contribution in [0.15, 0.2) is 24.3 Å². The molecule has 0 bridgehead atoms. The van der Waals surface area contributed by atoms with Gasteiger partial charge in [0.15, 0.2) is 11.5 Å². The number of pyridine rings is 1. The number of carbonyl (C=O) groups is 1. The SMILES string of the molecule is Cc1cc(C(N)=O)c(F)nc1Oc1ccc2c(c1)OCO2. The van der Waals surface area contributed by atoms with E-state index in [9.17, 15) is 9.18 Å². The van der Waals surface area contributed by atoms with Crippen LogP contribution in [0.3, 0.4) is 0 Å². The molecule has 0 spiro atoms. The lowest BCUT2D eigenvalue weighted by molar-refractivity contribution is 0.0995. The topological polar surface area (TPSA) is 83.7 Å². The number of primary amides is 1. The molecule has 1 aliphatic rings. The maximum absolute atomic E-state index is 13.7. The van der Waals surface area contributed by atoms with Crippen molar-refractivity contribution in [3.05, 3.63) is 41.3 Å². The maximum atomic E-state index is 13.7. The van der Waals surface area contributed by atoms with Gasteiger partial charge in [0.1, 0.15) is 5.75 Å². The Bertz CT molecular complexity index is 733. The number of aromatic nitrogens is 1. The Balaban J connectivity index is 1.91. The molecule has 108 valence electrons. The van der Waals surface area contributed by atoms with Crippen molar-refractivity contribution < 1.29 is 23.4 Å². The summed E-state index contributed by atoms with van der Waals surface area (Å²) in [7, 11) is 0. The van der Waals surface area contributed by atoms with Gasteiger partial charge in [-0.1, -0.05) is 0 Å². The van der Waals surface area contributed by atoms with Crippen molar-refractivity contribution in [3.63, 3.8) is 0 Å². The second kappa shape index (κ2) is 4.93. The van der Waals surface area contributed by atoms with Gasteiger partial charge in [-0.3, -0.25) is 4.79 Å². The number of carbonyl (C=O) groups excluding carboxylic acids is 1. The van der Waals surface area contributed by atoms with Gasteiger partial charge in [0.05, 0.1) is 5.56 Å². The van der Waals surface area contributed by atoms with Crippen molar-refractivity contribution in [2.24, 2.45) is 5.73 Å². The number of fused-ring (bicyclic) bond motifs is 1. The van der Waals surface area contributed by atoms with Crippen LogP contribution < -0.4 is 19.9 Å². The van der Waals surface area contributed by atoms with Gasteiger partial charge in [-0.15, -0.1) is 0 Å². The lowest BCUT2D eigenvalue weighted by atomic mass is 10.2. The quantitative estimate of drug-likeness (QED) is 0.876. The summed E-state index contributed by atoms with van der Waals surface area (Å²) in [6, 6.07) is 6.24. The minimum Gasteiger partial charge on any atom is -0.454 e. The smallest absolute Gasteiger partial charge is 0.253 e. The Morgan fingerprint density at radius 1 is 1.33 bits per heavy atom. The predicted molar refractivity (Wildman–Crippen MR) is 70.1 cm³/mol. The molecule has 0 saturated heterocycles. The number of rotatable bonds is 3. The Labute approximate surface area is 119 Å². The summed E-state index contributed by atoms with van der Waals surface area (Å²) in [5.41, 5.74) is 5.27. The molecule has 0 aliphatic carbocycles. The van der Waals surface area contributed by atoms with Crippen LogP contribution in [-0.2, 0) is 0 Å². The molecule has 2 N–H and O–H groups in total. The number of halogens is 1. The number of amides is 1. The van der Waals surface area contributed by atoms with Crippen molar-refractivity contribution in [1.82, 2.24) is 4.98 Å². The van der Waals surface area contributed by atoms with Gasteiger partial charge >= 0.3 is 0 Å². The van der Waals surface area contributed by atoms with Gasteiger partial charge in [-0.25, -0.2) is 0 Å².